The third-order valence-corrected chi connectivity index (χ3v) is 6.96. The molecule has 0 spiro atoms. The number of urea groups is 1. The Labute approximate surface area is 188 Å². The summed E-state index contributed by atoms with van der Waals surface area (Å²) in [6.45, 7) is 3.09. The second kappa shape index (κ2) is 8.69. The molecule has 166 valence electrons. The van der Waals surface area contributed by atoms with Crippen molar-refractivity contribution in [2.45, 2.75) is 50.7 Å². The van der Waals surface area contributed by atoms with Gasteiger partial charge >= 0.3 is 6.03 Å². The Hall–Kier alpha value is -3.28. The molecule has 2 aliphatic rings. The maximum absolute atomic E-state index is 13.4. The molecule has 3 amide bonds. The minimum absolute atomic E-state index is 0.0358. The molecule has 5 rings (SSSR count). The molecular formula is C26H29N3O3. The summed E-state index contributed by atoms with van der Waals surface area (Å²) in [6, 6.07) is 17.8. The highest BCUT2D eigenvalue weighted by Crippen LogP contribution is 2.32. The van der Waals surface area contributed by atoms with Crippen LogP contribution < -0.4 is 5.32 Å². The Morgan fingerprint density at radius 2 is 1.66 bits per heavy atom. The van der Waals surface area contributed by atoms with Crippen LogP contribution in [0.4, 0.5) is 4.79 Å². The van der Waals surface area contributed by atoms with Gasteiger partial charge in [0.25, 0.3) is 5.91 Å². The van der Waals surface area contributed by atoms with Crippen LogP contribution >= 0.6 is 0 Å². The lowest BCUT2D eigenvalue weighted by molar-refractivity contribution is 0.0136. The van der Waals surface area contributed by atoms with E-state index >= 15 is 0 Å². The van der Waals surface area contributed by atoms with Crippen molar-refractivity contribution in [3.8, 4) is 0 Å². The molecule has 6 heteroatoms. The van der Waals surface area contributed by atoms with E-state index in [1.807, 2.05) is 34.9 Å². The Morgan fingerprint density at radius 3 is 2.44 bits per heavy atom. The first-order valence-corrected chi connectivity index (χ1v) is 11.5. The summed E-state index contributed by atoms with van der Waals surface area (Å²) >= 11 is 0. The number of furan rings is 1. The van der Waals surface area contributed by atoms with Crippen molar-refractivity contribution in [1.82, 2.24) is 15.1 Å². The third-order valence-electron chi connectivity index (χ3n) is 6.96. The fraction of sp³-hybridized carbons (Fsp3) is 0.385. The molecule has 3 atom stereocenters. The Kier molecular flexibility index (Phi) is 5.60. The van der Waals surface area contributed by atoms with E-state index in [9.17, 15) is 9.59 Å². The molecule has 0 bridgehead atoms. The molecule has 1 N–H and O–H groups in total. The second-order valence-electron chi connectivity index (χ2n) is 8.83. The average Bonchev–Trinajstić information content (AvgIpc) is 3.37. The van der Waals surface area contributed by atoms with E-state index in [0.717, 1.165) is 36.6 Å². The van der Waals surface area contributed by atoms with E-state index in [1.165, 1.54) is 11.6 Å². The molecular weight excluding hydrogens is 402 g/mol. The lowest BCUT2D eigenvalue weighted by atomic mass is 9.86. The molecule has 2 heterocycles. The first kappa shape index (κ1) is 20.6. The number of nitrogens with zero attached hydrogens (tertiary/aromatic N) is 2. The fourth-order valence-corrected chi connectivity index (χ4v) is 5.39. The van der Waals surface area contributed by atoms with Gasteiger partial charge in [0.05, 0.1) is 24.4 Å². The van der Waals surface area contributed by atoms with Crippen LogP contribution in [0.25, 0.3) is 10.8 Å². The van der Waals surface area contributed by atoms with E-state index in [-0.39, 0.29) is 30.1 Å². The van der Waals surface area contributed by atoms with Crippen molar-refractivity contribution in [1.29, 1.82) is 0 Å². The van der Waals surface area contributed by atoms with E-state index in [4.69, 9.17) is 4.42 Å². The number of amides is 3. The molecule has 1 aliphatic carbocycles. The van der Waals surface area contributed by atoms with E-state index in [2.05, 4.69) is 29.6 Å². The molecule has 1 saturated heterocycles. The van der Waals surface area contributed by atoms with Gasteiger partial charge in [-0.25, -0.2) is 4.79 Å². The Morgan fingerprint density at radius 1 is 0.938 bits per heavy atom. The van der Waals surface area contributed by atoms with Gasteiger partial charge in [0.15, 0.2) is 5.76 Å². The number of carbonyl (C=O) groups is 2. The summed E-state index contributed by atoms with van der Waals surface area (Å²) in [7, 11) is 0. The van der Waals surface area contributed by atoms with Crippen molar-refractivity contribution in [2.24, 2.45) is 0 Å². The summed E-state index contributed by atoms with van der Waals surface area (Å²) in [6.07, 6.45) is 5.52. The number of hydrogen-bond acceptors (Lipinski definition) is 3. The average molecular weight is 432 g/mol. The largest absolute Gasteiger partial charge is 0.459 e. The molecule has 1 unspecified atom stereocenters. The number of nitrogens with one attached hydrogen (secondary N) is 1. The zero-order valence-electron chi connectivity index (χ0n) is 18.4. The molecule has 2 aromatic carbocycles. The van der Waals surface area contributed by atoms with E-state index in [1.54, 1.807) is 12.1 Å². The predicted molar refractivity (Wildman–Crippen MR) is 123 cm³/mol. The topological polar surface area (TPSA) is 65.8 Å². The van der Waals surface area contributed by atoms with Crippen molar-refractivity contribution in [3.63, 3.8) is 0 Å². The van der Waals surface area contributed by atoms with Crippen molar-refractivity contribution in [3.05, 3.63) is 72.2 Å². The highest BCUT2D eigenvalue weighted by molar-refractivity contribution is 5.92. The number of rotatable bonds is 3. The van der Waals surface area contributed by atoms with Gasteiger partial charge < -0.3 is 19.5 Å². The standard InChI is InChI=1S/C26H29N3O3/c1-18(20-11-6-9-19-8-2-3-10-21(19)20)27-26(31)29-16-15-28(22-12-4-5-13-23(22)29)25(30)24-14-7-17-32-24/h2-3,6-11,14,17-18,22-23H,4-5,12-13,15-16H2,1H3,(H,27,31)/t18?,22-,23+/m0/s1. The van der Waals surface area contributed by atoms with Crippen LogP contribution in [0.1, 0.15) is 54.8 Å². The molecule has 1 aromatic heterocycles. The molecule has 3 aromatic rings. The van der Waals surface area contributed by atoms with Gasteiger partial charge in [0.1, 0.15) is 0 Å². The predicted octanol–water partition coefficient (Wildman–Crippen LogP) is 4.97. The highest BCUT2D eigenvalue weighted by Gasteiger charge is 2.42. The molecule has 0 radical (unpaired) electrons. The van der Waals surface area contributed by atoms with Crippen molar-refractivity contribution in [2.75, 3.05) is 13.1 Å². The third kappa shape index (κ3) is 3.74. The maximum Gasteiger partial charge on any atom is 0.318 e. The van der Waals surface area contributed by atoms with Crippen LogP contribution in [0.2, 0.25) is 0 Å². The number of carbonyl (C=O) groups excluding carboxylic acids is 2. The SMILES string of the molecule is CC(NC(=O)N1CCN(C(=O)c2ccco2)[C@H]2CCCC[C@H]21)c1cccc2ccccc12. The summed E-state index contributed by atoms with van der Waals surface area (Å²) in [5, 5.41) is 5.56. The van der Waals surface area contributed by atoms with Crippen LogP contribution in [-0.2, 0) is 0 Å². The summed E-state index contributed by atoms with van der Waals surface area (Å²) in [5.41, 5.74) is 1.11. The molecule has 1 saturated carbocycles. The zero-order chi connectivity index (χ0) is 22.1. The molecule has 32 heavy (non-hydrogen) atoms. The second-order valence-corrected chi connectivity index (χ2v) is 8.83. The van der Waals surface area contributed by atoms with Gasteiger partial charge in [-0.1, -0.05) is 55.3 Å². The normalized spacial score (nSPS) is 21.8. The molecule has 2 fully saturated rings. The van der Waals surface area contributed by atoms with Gasteiger partial charge in [-0.3, -0.25) is 4.79 Å². The number of hydrogen-bond donors (Lipinski definition) is 1. The van der Waals surface area contributed by atoms with Gasteiger partial charge in [-0.2, -0.15) is 0 Å². The monoisotopic (exact) mass is 431 g/mol. The fourth-order valence-electron chi connectivity index (χ4n) is 5.39. The van der Waals surface area contributed by atoms with Crippen LogP contribution in [-0.4, -0.2) is 46.9 Å². The van der Waals surface area contributed by atoms with Gasteiger partial charge in [-0.05, 0) is 48.2 Å². The van der Waals surface area contributed by atoms with Crippen LogP contribution in [0, 0.1) is 0 Å². The number of piperazine rings is 1. The molecule has 6 nitrogen and oxygen atoms in total. The smallest absolute Gasteiger partial charge is 0.318 e. The van der Waals surface area contributed by atoms with Crippen LogP contribution in [0.15, 0.2) is 65.3 Å². The summed E-state index contributed by atoms with van der Waals surface area (Å²) in [5.74, 6) is 0.299. The van der Waals surface area contributed by atoms with Crippen LogP contribution in [0.5, 0.6) is 0 Å². The van der Waals surface area contributed by atoms with Crippen molar-refractivity contribution >= 4 is 22.7 Å². The quantitative estimate of drug-likeness (QED) is 0.637. The summed E-state index contributed by atoms with van der Waals surface area (Å²) in [4.78, 5) is 30.2. The Balaban J connectivity index is 1.33. The maximum atomic E-state index is 13.4. The number of benzene rings is 2. The lowest BCUT2D eigenvalue weighted by Crippen LogP contribution is -2.64. The first-order valence-electron chi connectivity index (χ1n) is 11.5. The van der Waals surface area contributed by atoms with Gasteiger partial charge in [-0.15, -0.1) is 0 Å². The van der Waals surface area contributed by atoms with Gasteiger partial charge in [0, 0.05) is 13.1 Å². The highest BCUT2D eigenvalue weighted by atomic mass is 16.3. The minimum atomic E-state index is -0.113. The lowest BCUT2D eigenvalue weighted by Gasteiger charge is -2.49. The zero-order valence-corrected chi connectivity index (χ0v) is 18.4. The number of fused-ring (bicyclic) bond motifs is 2. The summed E-state index contributed by atoms with van der Waals surface area (Å²) < 4.78 is 5.36. The first-order chi connectivity index (χ1) is 15.6. The Bertz CT molecular complexity index is 1110. The minimum Gasteiger partial charge on any atom is -0.459 e. The van der Waals surface area contributed by atoms with Crippen LogP contribution in [0.3, 0.4) is 0 Å². The van der Waals surface area contributed by atoms with E-state index < -0.39 is 0 Å². The molecule has 1 aliphatic heterocycles. The van der Waals surface area contributed by atoms with Gasteiger partial charge in [0.2, 0.25) is 0 Å². The van der Waals surface area contributed by atoms with Crippen molar-refractivity contribution < 1.29 is 14.0 Å². The van der Waals surface area contributed by atoms with E-state index in [0.29, 0.717) is 18.8 Å².